The summed E-state index contributed by atoms with van der Waals surface area (Å²) in [6, 6.07) is 11.7. The highest BCUT2D eigenvalue weighted by Crippen LogP contribution is 2.30. The summed E-state index contributed by atoms with van der Waals surface area (Å²) >= 11 is 0.512. The zero-order valence-corrected chi connectivity index (χ0v) is 15.1. The summed E-state index contributed by atoms with van der Waals surface area (Å²) in [4.78, 5) is 2.53. The zero-order chi connectivity index (χ0) is 19.1. The van der Waals surface area contributed by atoms with E-state index in [1.54, 1.807) is 36.4 Å². The fraction of sp³-hybridized carbons (Fsp3) is 0.333. The van der Waals surface area contributed by atoms with Crippen LogP contribution in [0.1, 0.15) is 11.1 Å². The molecule has 0 bridgehead atoms. The summed E-state index contributed by atoms with van der Waals surface area (Å²) in [6.45, 7) is -1.75. The Morgan fingerprint density at radius 2 is 1.54 bits per heavy atom. The standard InChI is InChI=1S/C18H19F4NO2S/c1-23(10-12-3-6-14(7-4-12)26-18(21)22)11-13-5-8-15(25-17(19)20)16(9-13)24-2/h3-9,17-18H,10-11H2,1-2H3. The third-order valence-corrected chi connectivity index (χ3v) is 4.22. The van der Waals surface area contributed by atoms with E-state index in [0.717, 1.165) is 11.1 Å². The van der Waals surface area contributed by atoms with E-state index >= 15 is 0 Å². The number of ether oxygens (including phenoxy) is 2. The van der Waals surface area contributed by atoms with Crippen molar-refractivity contribution in [3.63, 3.8) is 0 Å². The highest BCUT2D eigenvalue weighted by Gasteiger charge is 2.12. The maximum atomic E-state index is 12.4. The monoisotopic (exact) mass is 389 g/mol. The molecule has 0 saturated heterocycles. The lowest BCUT2D eigenvalue weighted by atomic mass is 10.1. The number of nitrogens with zero attached hydrogens (tertiary/aromatic N) is 1. The number of benzene rings is 2. The molecule has 0 aliphatic rings. The van der Waals surface area contributed by atoms with Crippen molar-refractivity contribution < 1.29 is 27.0 Å². The smallest absolute Gasteiger partial charge is 0.387 e. The zero-order valence-electron chi connectivity index (χ0n) is 14.3. The highest BCUT2D eigenvalue weighted by molar-refractivity contribution is 7.99. The summed E-state index contributed by atoms with van der Waals surface area (Å²) < 4.78 is 58.9. The van der Waals surface area contributed by atoms with E-state index in [0.29, 0.717) is 29.7 Å². The van der Waals surface area contributed by atoms with Gasteiger partial charge in [0.05, 0.1) is 7.11 Å². The predicted octanol–water partition coefficient (Wildman–Crippen LogP) is 5.24. The van der Waals surface area contributed by atoms with E-state index in [-0.39, 0.29) is 11.5 Å². The van der Waals surface area contributed by atoms with Crippen LogP contribution in [-0.4, -0.2) is 31.4 Å². The van der Waals surface area contributed by atoms with Gasteiger partial charge in [0.1, 0.15) is 0 Å². The van der Waals surface area contributed by atoms with Gasteiger partial charge in [0.15, 0.2) is 11.5 Å². The maximum absolute atomic E-state index is 12.4. The third kappa shape index (κ3) is 6.42. The molecule has 142 valence electrons. The third-order valence-electron chi connectivity index (χ3n) is 3.50. The van der Waals surface area contributed by atoms with E-state index in [9.17, 15) is 17.6 Å². The van der Waals surface area contributed by atoms with Gasteiger partial charge in [-0.05, 0) is 42.4 Å². The van der Waals surface area contributed by atoms with Gasteiger partial charge in [0.2, 0.25) is 0 Å². The molecule has 2 aromatic rings. The minimum Gasteiger partial charge on any atom is -0.493 e. The van der Waals surface area contributed by atoms with Gasteiger partial charge in [0.25, 0.3) is 5.76 Å². The lowest BCUT2D eigenvalue weighted by molar-refractivity contribution is -0.0512. The Kier molecular flexibility index (Phi) is 7.59. The van der Waals surface area contributed by atoms with Crippen molar-refractivity contribution >= 4 is 11.8 Å². The molecule has 0 aromatic heterocycles. The molecule has 2 aromatic carbocycles. The number of halogens is 4. The average Bonchev–Trinajstić information content (AvgIpc) is 2.57. The molecular formula is C18H19F4NO2S. The van der Waals surface area contributed by atoms with E-state index in [1.165, 1.54) is 13.2 Å². The van der Waals surface area contributed by atoms with Crippen LogP contribution < -0.4 is 9.47 Å². The number of rotatable bonds is 9. The molecule has 8 heteroatoms. The first kappa shape index (κ1) is 20.4. The Morgan fingerprint density at radius 3 is 2.12 bits per heavy atom. The lowest BCUT2D eigenvalue weighted by Crippen LogP contribution is -2.17. The van der Waals surface area contributed by atoms with Crippen LogP contribution in [0.2, 0.25) is 0 Å². The summed E-state index contributed by atoms with van der Waals surface area (Å²) in [5.41, 5.74) is 1.85. The van der Waals surface area contributed by atoms with Crippen LogP contribution in [0.25, 0.3) is 0 Å². The molecule has 0 unspecified atom stereocenters. The van der Waals surface area contributed by atoms with Crippen molar-refractivity contribution in [1.82, 2.24) is 4.90 Å². The number of alkyl halides is 4. The Hall–Kier alpha value is -1.93. The van der Waals surface area contributed by atoms with Gasteiger partial charge >= 0.3 is 6.61 Å². The second-order valence-corrected chi connectivity index (χ2v) is 6.62. The Morgan fingerprint density at radius 1 is 0.923 bits per heavy atom. The number of hydrogen-bond donors (Lipinski definition) is 0. The van der Waals surface area contributed by atoms with Crippen LogP contribution >= 0.6 is 11.8 Å². The van der Waals surface area contributed by atoms with Crippen LogP contribution in [0.4, 0.5) is 17.6 Å². The first-order valence-corrected chi connectivity index (χ1v) is 8.59. The van der Waals surface area contributed by atoms with E-state index in [1.807, 2.05) is 11.9 Å². The molecule has 0 fully saturated rings. The molecule has 26 heavy (non-hydrogen) atoms. The van der Waals surface area contributed by atoms with Crippen molar-refractivity contribution in [2.24, 2.45) is 0 Å². The van der Waals surface area contributed by atoms with Crippen molar-refractivity contribution in [2.75, 3.05) is 14.2 Å². The SMILES string of the molecule is COc1cc(CN(C)Cc2ccc(SC(F)F)cc2)ccc1OC(F)F. The van der Waals surface area contributed by atoms with E-state index < -0.39 is 12.4 Å². The minimum absolute atomic E-state index is 0.0129. The van der Waals surface area contributed by atoms with Crippen LogP contribution in [0, 0.1) is 0 Å². The van der Waals surface area contributed by atoms with Gasteiger partial charge in [0, 0.05) is 18.0 Å². The fourth-order valence-electron chi connectivity index (χ4n) is 2.46. The fourth-order valence-corrected chi connectivity index (χ4v) is 2.96. The van der Waals surface area contributed by atoms with E-state index in [4.69, 9.17) is 4.74 Å². The largest absolute Gasteiger partial charge is 0.493 e. The van der Waals surface area contributed by atoms with E-state index in [2.05, 4.69) is 4.74 Å². The van der Waals surface area contributed by atoms with Crippen LogP contribution in [-0.2, 0) is 13.1 Å². The van der Waals surface area contributed by atoms with Crippen molar-refractivity contribution in [3.05, 3.63) is 53.6 Å². The van der Waals surface area contributed by atoms with Crippen molar-refractivity contribution in [2.45, 2.75) is 30.4 Å². The minimum atomic E-state index is -2.91. The molecule has 0 radical (unpaired) electrons. The van der Waals surface area contributed by atoms with Crippen molar-refractivity contribution in [1.29, 1.82) is 0 Å². The molecule has 2 rings (SSSR count). The molecule has 0 N–H and O–H groups in total. The molecule has 0 spiro atoms. The quantitative estimate of drug-likeness (QED) is 0.432. The Balaban J connectivity index is 1.97. The molecule has 0 aliphatic carbocycles. The van der Waals surface area contributed by atoms with Crippen molar-refractivity contribution in [3.8, 4) is 11.5 Å². The van der Waals surface area contributed by atoms with Crippen LogP contribution in [0.3, 0.4) is 0 Å². The summed E-state index contributed by atoms with van der Waals surface area (Å²) in [5, 5.41) is 0. The Bertz CT molecular complexity index is 698. The summed E-state index contributed by atoms with van der Waals surface area (Å²) in [5.74, 6) is -2.21. The van der Waals surface area contributed by atoms with Gasteiger partial charge in [-0.25, -0.2) is 0 Å². The first-order chi connectivity index (χ1) is 12.4. The number of thioether (sulfide) groups is 1. The van der Waals surface area contributed by atoms with Crippen LogP contribution in [0.5, 0.6) is 11.5 Å². The van der Waals surface area contributed by atoms with Gasteiger partial charge in [-0.15, -0.1) is 0 Å². The summed E-state index contributed by atoms with van der Waals surface area (Å²) in [6.07, 6.45) is 0. The van der Waals surface area contributed by atoms with Gasteiger partial charge < -0.3 is 9.47 Å². The molecule has 0 heterocycles. The Labute approximate surface area is 153 Å². The van der Waals surface area contributed by atoms with Gasteiger partial charge in [-0.3, -0.25) is 4.90 Å². The van der Waals surface area contributed by atoms with Gasteiger partial charge in [-0.1, -0.05) is 30.0 Å². The average molecular weight is 389 g/mol. The normalized spacial score (nSPS) is 11.4. The second kappa shape index (κ2) is 9.68. The number of hydrogen-bond acceptors (Lipinski definition) is 4. The highest BCUT2D eigenvalue weighted by atomic mass is 32.2. The molecule has 0 aliphatic heterocycles. The maximum Gasteiger partial charge on any atom is 0.387 e. The second-order valence-electron chi connectivity index (χ2n) is 5.56. The molecule has 0 atom stereocenters. The molecule has 0 amide bonds. The summed E-state index contributed by atoms with van der Waals surface area (Å²) in [7, 11) is 3.29. The molecule has 3 nitrogen and oxygen atoms in total. The number of methoxy groups -OCH3 is 1. The predicted molar refractivity (Wildman–Crippen MR) is 93.1 cm³/mol. The van der Waals surface area contributed by atoms with Gasteiger partial charge in [-0.2, -0.15) is 17.6 Å². The first-order valence-electron chi connectivity index (χ1n) is 7.71. The topological polar surface area (TPSA) is 21.7 Å². The lowest BCUT2D eigenvalue weighted by Gasteiger charge is -2.18. The molecular weight excluding hydrogens is 370 g/mol. The van der Waals surface area contributed by atoms with Crippen LogP contribution in [0.15, 0.2) is 47.4 Å². The molecule has 0 saturated carbocycles.